The van der Waals surface area contributed by atoms with Crippen LogP contribution in [0.1, 0.15) is 158 Å². The number of hydrogen-bond acceptors (Lipinski definition) is 15. The monoisotopic (exact) mass is 1900 g/mol. The Hall–Kier alpha value is -20.7. The summed E-state index contributed by atoms with van der Waals surface area (Å²) in [5.74, 6) is 39.0. The van der Waals surface area contributed by atoms with Gasteiger partial charge in [-0.1, -0.05) is 95.7 Å². The second kappa shape index (κ2) is 46.9. The minimum atomic E-state index is -0.502. The number of ether oxygens (including phenoxy) is 5. The molecule has 0 aliphatic heterocycles. The van der Waals surface area contributed by atoms with Gasteiger partial charge in [0.1, 0.15) is 105 Å². The fourth-order valence-electron chi connectivity index (χ4n) is 16.1. The van der Waals surface area contributed by atoms with Gasteiger partial charge in [-0.2, -0.15) is 31.6 Å². The molecular formula is C120H93FN16O8. The van der Waals surface area contributed by atoms with E-state index in [0.29, 0.717) is 109 Å². The molecule has 708 valence electrons. The first-order valence-corrected chi connectivity index (χ1v) is 45.2. The minimum Gasteiger partial charge on any atom is -0.497 e. The fraction of sp³-hybridized carbons (Fsp3) is 0.125. The van der Waals surface area contributed by atoms with Gasteiger partial charge in [-0.05, 0) is 251 Å². The third-order valence-electron chi connectivity index (χ3n) is 23.6. The number of fused-ring (bicyclic) bond motifs is 6. The average molecular weight is 1910 g/mol. The largest absolute Gasteiger partial charge is 0.497 e. The van der Waals surface area contributed by atoms with Crippen molar-refractivity contribution in [2.45, 2.75) is 47.3 Å². The number of nitrogens with two attached hydrogens (primary N) is 4. The second-order valence-electron chi connectivity index (χ2n) is 32.2. The molecular weight excluding hydrogens is 1810 g/mol. The zero-order valence-corrected chi connectivity index (χ0v) is 81.3. The number of benzene rings is 12. The normalized spacial score (nSPS) is 10.0. The maximum Gasteiger partial charge on any atom is 0.248 e. The summed E-state index contributed by atoms with van der Waals surface area (Å²) in [6, 6.07) is 91.4. The number of primary amides is 3. The van der Waals surface area contributed by atoms with Gasteiger partial charge >= 0.3 is 0 Å². The van der Waals surface area contributed by atoms with Crippen LogP contribution in [0.15, 0.2) is 261 Å². The minimum absolute atomic E-state index is 0.301. The Morgan fingerprint density at radius 2 is 0.538 bits per heavy atom. The molecule has 145 heavy (non-hydrogen) atoms. The summed E-state index contributed by atoms with van der Waals surface area (Å²) in [5.41, 5.74) is 42.1. The Morgan fingerprint density at radius 3 is 0.848 bits per heavy atom. The van der Waals surface area contributed by atoms with Crippen LogP contribution < -0.4 is 46.6 Å². The van der Waals surface area contributed by atoms with Crippen LogP contribution in [-0.2, 0) is 40.8 Å². The number of nitrogen functional groups attached to an aromatic ring is 1. The molecule has 0 radical (unpaired) electrons. The summed E-state index contributed by atoms with van der Waals surface area (Å²) < 4.78 is 50.6. The van der Waals surface area contributed by atoms with E-state index in [9.17, 15) is 50.3 Å². The number of carbonyl (C=O) groups is 3. The number of methoxy groups -OCH3 is 5. The highest BCUT2D eigenvalue weighted by Crippen LogP contribution is 2.35. The van der Waals surface area contributed by atoms with E-state index < -0.39 is 17.7 Å². The van der Waals surface area contributed by atoms with Gasteiger partial charge in [-0.3, -0.25) is 14.4 Å². The summed E-state index contributed by atoms with van der Waals surface area (Å²) >= 11 is 0. The molecule has 0 bridgehead atoms. The Kier molecular flexibility index (Phi) is 32.9. The number of halogens is 1. The van der Waals surface area contributed by atoms with E-state index in [1.807, 2.05) is 246 Å². The first kappa shape index (κ1) is 102. The van der Waals surface area contributed by atoms with Crippen LogP contribution in [0.3, 0.4) is 0 Å². The first-order valence-electron chi connectivity index (χ1n) is 45.2. The molecule has 25 heteroatoms. The van der Waals surface area contributed by atoms with Crippen LogP contribution >= 0.6 is 0 Å². The Morgan fingerprint density at radius 1 is 0.283 bits per heavy atom. The molecule has 18 aromatic rings. The van der Waals surface area contributed by atoms with Crippen LogP contribution in [0.25, 0.3) is 65.4 Å². The van der Waals surface area contributed by atoms with E-state index in [1.54, 1.807) is 114 Å². The van der Waals surface area contributed by atoms with Gasteiger partial charge in [0.05, 0.1) is 102 Å². The smallest absolute Gasteiger partial charge is 0.248 e. The third kappa shape index (κ3) is 22.9. The quantitative estimate of drug-likeness (QED) is 0.0690. The third-order valence-corrected chi connectivity index (χ3v) is 23.6. The molecule has 0 atom stereocenters. The van der Waals surface area contributed by atoms with Crippen molar-refractivity contribution in [1.82, 2.24) is 27.4 Å². The lowest BCUT2D eigenvalue weighted by Crippen LogP contribution is -2.10. The van der Waals surface area contributed by atoms with Crippen LogP contribution in [-0.4, -0.2) is 80.7 Å². The lowest BCUT2D eigenvalue weighted by molar-refractivity contribution is 0.0992. The SMILES string of the molecule is CCn1c(C#Cc2ccc(N)cc2)c(C#N)c2ccc(C(N)=O)cc21.CCn1c(C#Cc2cccc(OC)c2)c(C#N)c2ccc(C(N)=O)cc21.CCn1c(C#Cc2ccccc2)c(C#N)c2ccc(C(N)=O)cc21.COc1ccc(C#Cc2c(C#N)c3ccc(OC)cc3n2C)cc1.COc1ccc2c(C#N)c(C#Cc3ccc(C)cc3)n(C)c2c1.COc1ccc2c(C#N)c(C#Cc3ccc(F)cc3)n(C)c2c1. The summed E-state index contributed by atoms with van der Waals surface area (Å²) in [7, 11) is 13.8. The summed E-state index contributed by atoms with van der Waals surface area (Å²) in [6.45, 7) is 9.82. The molecule has 0 fully saturated rings. The molecule has 18 rings (SSSR count). The Labute approximate surface area is 838 Å². The van der Waals surface area contributed by atoms with Gasteiger partial charge in [0, 0.05) is 147 Å². The molecule has 0 aliphatic rings. The van der Waals surface area contributed by atoms with E-state index in [4.69, 9.17) is 46.6 Å². The van der Waals surface area contributed by atoms with Gasteiger partial charge in [0.2, 0.25) is 17.7 Å². The Balaban J connectivity index is 0.000000146. The predicted octanol–water partition coefficient (Wildman–Crippen LogP) is 19.5. The van der Waals surface area contributed by atoms with Crippen molar-refractivity contribution in [3.05, 3.63) is 390 Å². The van der Waals surface area contributed by atoms with Gasteiger partial charge < -0.3 is 74.0 Å². The number of carbonyl (C=O) groups excluding carboxylic acids is 3. The maximum absolute atomic E-state index is 12.9. The zero-order chi connectivity index (χ0) is 104. The molecule has 0 spiro atoms. The van der Waals surface area contributed by atoms with Crippen molar-refractivity contribution in [2.24, 2.45) is 38.3 Å². The highest BCUT2D eigenvalue weighted by Gasteiger charge is 2.23. The van der Waals surface area contributed by atoms with Crippen LogP contribution in [0.4, 0.5) is 10.1 Å². The van der Waals surface area contributed by atoms with Crippen molar-refractivity contribution in [3.8, 4) is 136 Å². The van der Waals surface area contributed by atoms with E-state index in [-0.39, 0.29) is 5.82 Å². The summed E-state index contributed by atoms with van der Waals surface area (Å²) in [5, 5.41) is 62.3. The number of anilines is 1. The molecule has 0 aliphatic carbocycles. The molecule has 3 amide bonds. The Bertz CT molecular complexity index is 8660. The number of hydrogen-bond donors (Lipinski definition) is 4. The number of nitrogens with zero attached hydrogens (tertiary/aromatic N) is 12. The number of aryl methyl sites for hydroxylation is 7. The topological polar surface area (TPSA) is 374 Å². The average Bonchev–Trinajstić information content (AvgIpc) is 1.62. The standard InChI is InChI=1S/C21H17N3O2.C20H16N4O.C20H15N3O.C20H16N2O2.C20H16N2O.C19H13FN2O/c1-3-24-19(10-7-14-5-4-6-16(11-14)26-2)18(13-22)17-9-8-15(21(23)25)12-20(17)24;1-2-24-18(10-5-13-3-7-15(22)8-4-13)17(12-21)16-9-6-14(20(23)25)11-19(16)24;1-2-23-18(11-8-14-6-4-3-5-7-14)17(13-21)16-10-9-15(20(22)24)12-19(16)23;1-22-19(11-6-14-4-7-15(23-2)8-5-14)18(13-21)17-10-9-16(24-3)12-20(17)22;1-14-4-6-15(7-5-14)8-11-19-18(13-21)17-10-9-16(23-3)12-20(17)22(19)2;1-22-18(10-5-13-3-6-14(20)7-4-13)17(12-21)16-9-8-15(23-2)11-19(16)22/h4-6,8-9,11-12H,3H2,1-2H3,(H2,23,25);3-4,6-9,11H,2,22H2,1H3,(H2,23,25);3-7,9-10,12H,2H2,1H3,(H2,22,24);4-5,7-10,12H,1-3H3;4-7,9-10,12H,1-3H3;3-4,6-9,11H,1-2H3. The highest BCUT2D eigenvalue weighted by atomic mass is 19.1. The van der Waals surface area contributed by atoms with Crippen LogP contribution in [0.5, 0.6) is 28.7 Å². The molecule has 0 saturated carbocycles. The lowest BCUT2D eigenvalue weighted by atomic mass is 10.1. The van der Waals surface area contributed by atoms with Crippen molar-refractivity contribution in [2.75, 3.05) is 41.3 Å². The zero-order valence-electron chi connectivity index (χ0n) is 81.3. The predicted molar refractivity (Wildman–Crippen MR) is 562 cm³/mol. The van der Waals surface area contributed by atoms with Gasteiger partial charge in [0.15, 0.2) is 0 Å². The van der Waals surface area contributed by atoms with E-state index in [0.717, 1.165) is 128 Å². The van der Waals surface area contributed by atoms with Crippen molar-refractivity contribution in [3.63, 3.8) is 0 Å². The molecule has 6 heterocycles. The van der Waals surface area contributed by atoms with Crippen LogP contribution in [0.2, 0.25) is 0 Å². The molecule has 6 aromatic heterocycles. The molecule has 8 N–H and O–H groups in total. The van der Waals surface area contributed by atoms with Crippen molar-refractivity contribution in [1.29, 1.82) is 31.6 Å². The number of aromatic nitrogens is 6. The van der Waals surface area contributed by atoms with Crippen molar-refractivity contribution >= 4 is 88.8 Å². The lowest BCUT2D eigenvalue weighted by Gasteiger charge is -2.04. The number of amides is 3. The molecule has 0 unspecified atom stereocenters. The number of nitriles is 6. The summed E-state index contributed by atoms with van der Waals surface area (Å²) in [6.07, 6.45) is 0. The number of rotatable bonds is 11. The summed E-state index contributed by atoms with van der Waals surface area (Å²) in [4.78, 5) is 34.4. The molecule has 24 nitrogen and oxygen atoms in total. The highest BCUT2D eigenvalue weighted by molar-refractivity contribution is 6.02. The van der Waals surface area contributed by atoms with Crippen molar-refractivity contribution < 1.29 is 42.5 Å². The first-order chi connectivity index (χ1) is 70.2. The van der Waals surface area contributed by atoms with E-state index in [2.05, 4.69) is 107 Å². The maximum atomic E-state index is 12.9. The molecule has 0 saturated heterocycles. The second-order valence-corrected chi connectivity index (χ2v) is 32.2. The van der Waals surface area contributed by atoms with E-state index in [1.165, 1.54) is 17.7 Å². The van der Waals surface area contributed by atoms with Gasteiger partial charge in [-0.25, -0.2) is 4.39 Å². The van der Waals surface area contributed by atoms with Gasteiger partial charge in [-0.15, -0.1) is 0 Å². The fourth-order valence-corrected chi connectivity index (χ4v) is 16.1. The van der Waals surface area contributed by atoms with E-state index >= 15 is 0 Å². The van der Waals surface area contributed by atoms with Gasteiger partial charge in [0.25, 0.3) is 0 Å². The van der Waals surface area contributed by atoms with Crippen LogP contribution in [0, 0.1) is 152 Å². The molecule has 12 aromatic carbocycles.